The van der Waals surface area contributed by atoms with Crippen LogP contribution < -0.4 is 4.74 Å². The van der Waals surface area contributed by atoms with Crippen LogP contribution in [-0.4, -0.2) is 5.97 Å². The van der Waals surface area contributed by atoms with Gasteiger partial charge in [0.25, 0.3) is 0 Å². The maximum atomic E-state index is 11.2. The van der Waals surface area contributed by atoms with Crippen molar-refractivity contribution in [1.29, 1.82) is 0 Å². The molecule has 0 atom stereocenters. The second-order valence-corrected chi connectivity index (χ2v) is 4.01. The van der Waals surface area contributed by atoms with E-state index in [-0.39, 0.29) is 5.97 Å². The van der Waals surface area contributed by atoms with Gasteiger partial charge in [-0.2, -0.15) is 0 Å². The Morgan fingerprint density at radius 3 is 2.36 bits per heavy atom. The van der Waals surface area contributed by atoms with E-state index < -0.39 is 0 Å². The topological polar surface area (TPSA) is 26.3 Å². The first-order valence-electron chi connectivity index (χ1n) is 4.20. The van der Waals surface area contributed by atoms with E-state index in [1.807, 2.05) is 26.0 Å². The summed E-state index contributed by atoms with van der Waals surface area (Å²) in [6.45, 7) is 3.70. The van der Waals surface area contributed by atoms with E-state index in [1.165, 1.54) is 6.08 Å². The van der Waals surface area contributed by atoms with E-state index in [0.717, 1.165) is 10.0 Å². The third-order valence-electron chi connectivity index (χ3n) is 1.44. The first kappa shape index (κ1) is 11.0. The zero-order chi connectivity index (χ0) is 10.6. The predicted octanol–water partition coefficient (Wildman–Crippen LogP) is 3.32. The summed E-state index contributed by atoms with van der Waals surface area (Å²) in [4.78, 5) is 11.2. The molecular weight excluding hydrogens is 244 g/mol. The normalized spacial score (nSPS) is 9.36. The van der Waals surface area contributed by atoms with Gasteiger partial charge < -0.3 is 4.74 Å². The number of esters is 1. The van der Waals surface area contributed by atoms with Crippen molar-refractivity contribution < 1.29 is 9.53 Å². The van der Waals surface area contributed by atoms with Crippen molar-refractivity contribution in [2.45, 2.75) is 13.8 Å². The van der Waals surface area contributed by atoms with Gasteiger partial charge in [0.05, 0.1) is 0 Å². The lowest BCUT2D eigenvalue weighted by Gasteiger charge is -2.00. The third kappa shape index (κ3) is 3.75. The number of rotatable bonds is 2. The molecule has 2 nitrogen and oxygen atoms in total. The highest BCUT2D eigenvalue weighted by Crippen LogP contribution is 2.16. The molecule has 0 radical (unpaired) electrons. The summed E-state index contributed by atoms with van der Waals surface area (Å²) in [7, 11) is 0. The summed E-state index contributed by atoms with van der Waals surface area (Å²) in [5, 5.41) is 0. The Bertz CT molecular complexity index is 348. The molecule has 0 unspecified atom stereocenters. The van der Waals surface area contributed by atoms with Crippen molar-refractivity contribution >= 4 is 21.9 Å². The van der Waals surface area contributed by atoms with Crippen LogP contribution in [0.1, 0.15) is 13.8 Å². The number of ether oxygens (including phenoxy) is 1. The molecule has 0 N–H and O–H groups in total. The lowest BCUT2D eigenvalue weighted by molar-refractivity contribution is -0.129. The van der Waals surface area contributed by atoms with Crippen molar-refractivity contribution in [1.82, 2.24) is 0 Å². The molecule has 0 bridgehead atoms. The molecule has 1 rings (SSSR count). The molecule has 0 aromatic heterocycles. The number of carbonyl (C=O) groups is 1. The fourth-order valence-corrected chi connectivity index (χ4v) is 1.15. The molecule has 0 spiro atoms. The Morgan fingerprint density at radius 2 is 1.86 bits per heavy atom. The highest BCUT2D eigenvalue weighted by Gasteiger charge is 2.00. The maximum absolute atomic E-state index is 11.2. The standard InChI is InChI=1S/C11H11BrO2/c1-8(2)7-11(13)14-10-5-3-9(12)4-6-10/h3-7H,1-2H3. The molecular formula is C11H11BrO2. The number of carbonyl (C=O) groups excluding carboxylic acids is 1. The van der Waals surface area contributed by atoms with Crippen molar-refractivity contribution in [3.8, 4) is 5.75 Å². The molecule has 0 saturated carbocycles. The fourth-order valence-electron chi connectivity index (χ4n) is 0.884. The average molecular weight is 255 g/mol. The van der Waals surface area contributed by atoms with Crippen LogP contribution in [0.15, 0.2) is 40.4 Å². The van der Waals surface area contributed by atoms with E-state index in [4.69, 9.17) is 4.74 Å². The lowest BCUT2D eigenvalue weighted by Crippen LogP contribution is -2.04. The van der Waals surface area contributed by atoms with Crippen LogP contribution in [0.4, 0.5) is 0 Å². The lowest BCUT2D eigenvalue weighted by atomic mass is 10.3. The first-order valence-corrected chi connectivity index (χ1v) is 4.99. The fraction of sp³-hybridized carbons (Fsp3) is 0.182. The van der Waals surface area contributed by atoms with E-state index in [9.17, 15) is 4.79 Å². The average Bonchev–Trinajstić information content (AvgIpc) is 2.07. The molecule has 0 saturated heterocycles. The van der Waals surface area contributed by atoms with Gasteiger partial charge in [0, 0.05) is 10.5 Å². The summed E-state index contributed by atoms with van der Waals surface area (Å²) in [5.74, 6) is 0.211. The largest absolute Gasteiger partial charge is 0.423 e. The molecule has 74 valence electrons. The van der Waals surface area contributed by atoms with Crippen molar-refractivity contribution in [2.24, 2.45) is 0 Å². The number of hydrogen-bond acceptors (Lipinski definition) is 2. The Morgan fingerprint density at radius 1 is 1.29 bits per heavy atom. The zero-order valence-corrected chi connectivity index (χ0v) is 9.67. The first-order chi connectivity index (χ1) is 6.58. The van der Waals surface area contributed by atoms with Gasteiger partial charge in [-0.3, -0.25) is 0 Å². The minimum Gasteiger partial charge on any atom is -0.423 e. The zero-order valence-electron chi connectivity index (χ0n) is 8.08. The summed E-state index contributed by atoms with van der Waals surface area (Å²) < 4.78 is 6.00. The van der Waals surface area contributed by atoms with Gasteiger partial charge in [-0.25, -0.2) is 4.79 Å². The summed E-state index contributed by atoms with van der Waals surface area (Å²) >= 11 is 3.30. The molecule has 0 fully saturated rings. The van der Waals surface area contributed by atoms with Gasteiger partial charge >= 0.3 is 5.97 Å². The van der Waals surface area contributed by atoms with Crippen LogP contribution in [0.3, 0.4) is 0 Å². The third-order valence-corrected chi connectivity index (χ3v) is 1.97. The quantitative estimate of drug-likeness (QED) is 0.460. The molecule has 14 heavy (non-hydrogen) atoms. The SMILES string of the molecule is CC(C)=CC(=O)Oc1ccc(Br)cc1. The van der Waals surface area contributed by atoms with Crippen LogP contribution in [0.25, 0.3) is 0 Å². The number of allylic oxidation sites excluding steroid dienone is 1. The van der Waals surface area contributed by atoms with Crippen molar-refractivity contribution in [2.75, 3.05) is 0 Å². The summed E-state index contributed by atoms with van der Waals surface area (Å²) in [6.07, 6.45) is 1.46. The Hall–Kier alpha value is -1.09. The predicted molar refractivity (Wildman–Crippen MR) is 59.2 cm³/mol. The van der Waals surface area contributed by atoms with Crippen LogP contribution >= 0.6 is 15.9 Å². The van der Waals surface area contributed by atoms with Gasteiger partial charge in [-0.1, -0.05) is 21.5 Å². The highest BCUT2D eigenvalue weighted by molar-refractivity contribution is 9.10. The second-order valence-electron chi connectivity index (χ2n) is 3.10. The molecule has 3 heteroatoms. The van der Waals surface area contributed by atoms with Crippen molar-refractivity contribution in [3.05, 3.63) is 40.4 Å². The second kappa shape index (κ2) is 4.96. The molecule has 0 aliphatic heterocycles. The van der Waals surface area contributed by atoms with Gasteiger partial charge in [-0.15, -0.1) is 0 Å². The van der Waals surface area contributed by atoms with Gasteiger partial charge in [0.15, 0.2) is 0 Å². The molecule has 0 aliphatic rings. The number of benzene rings is 1. The van der Waals surface area contributed by atoms with Crippen LogP contribution in [0, 0.1) is 0 Å². The number of halogens is 1. The van der Waals surface area contributed by atoms with Gasteiger partial charge in [-0.05, 0) is 38.1 Å². The monoisotopic (exact) mass is 254 g/mol. The van der Waals surface area contributed by atoms with E-state index in [2.05, 4.69) is 15.9 Å². The summed E-state index contributed by atoms with van der Waals surface area (Å²) in [5.41, 5.74) is 0.923. The molecule has 1 aromatic carbocycles. The Labute approximate surface area is 91.7 Å². The van der Waals surface area contributed by atoms with E-state index >= 15 is 0 Å². The highest BCUT2D eigenvalue weighted by atomic mass is 79.9. The minimum atomic E-state index is -0.340. The van der Waals surface area contributed by atoms with Crippen molar-refractivity contribution in [3.63, 3.8) is 0 Å². The Kier molecular flexibility index (Phi) is 3.89. The minimum absolute atomic E-state index is 0.340. The van der Waals surface area contributed by atoms with Crippen LogP contribution in [-0.2, 0) is 4.79 Å². The smallest absolute Gasteiger partial charge is 0.336 e. The number of hydrogen-bond donors (Lipinski definition) is 0. The molecule has 1 aromatic rings. The van der Waals surface area contributed by atoms with Gasteiger partial charge in [0.2, 0.25) is 0 Å². The summed E-state index contributed by atoms with van der Waals surface area (Å²) in [6, 6.07) is 7.12. The maximum Gasteiger partial charge on any atom is 0.336 e. The molecule has 0 aliphatic carbocycles. The van der Waals surface area contributed by atoms with Crippen LogP contribution in [0.2, 0.25) is 0 Å². The molecule has 0 heterocycles. The van der Waals surface area contributed by atoms with E-state index in [1.54, 1.807) is 12.1 Å². The Balaban J connectivity index is 2.66. The molecule has 0 amide bonds. The van der Waals surface area contributed by atoms with Gasteiger partial charge in [0.1, 0.15) is 5.75 Å². The van der Waals surface area contributed by atoms with E-state index in [0.29, 0.717) is 5.75 Å². The van der Waals surface area contributed by atoms with Crippen LogP contribution in [0.5, 0.6) is 5.75 Å².